The number of hydrogen-bond donors (Lipinski definition) is 1. The summed E-state index contributed by atoms with van der Waals surface area (Å²) in [4.78, 5) is 0. The van der Waals surface area contributed by atoms with Crippen molar-refractivity contribution in [3.8, 4) is 0 Å². The highest BCUT2D eigenvalue weighted by Gasteiger charge is 2.45. The molecule has 2 heteroatoms. The molecule has 2 atom stereocenters. The van der Waals surface area contributed by atoms with Crippen molar-refractivity contribution in [3.05, 3.63) is 0 Å². The molecule has 1 saturated carbocycles. The van der Waals surface area contributed by atoms with Gasteiger partial charge in [-0.05, 0) is 39.0 Å². The fraction of sp³-hybridized carbons (Fsp3) is 1.00. The Morgan fingerprint density at radius 1 is 1.38 bits per heavy atom. The summed E-state index contributed by atoms with van der Waals surface area (Å²) in [5, 5.41) is 3.65. The second kappa shape index (κ2) is 2.96. The van der Waals surface area contributed by atoms with Crippen molar-refractivity contribution in [2.75, 3.05) is 6.61 Å². The molecule has 0 radical (unpaired) electrons. The first-order chi connectivity index (χ1) is 6.02. The van der Waals surface area contributed by atoms with Crippen LogP contribution in [0.1, 0.15) is 46.5 Å². The highest BCUT2D eigenvalue weighted by atomic mass is 16.5. The first-order valence-corrected chi connectivity index (χ1v) is 5.45. The molecule has 1 aliphatic heterocycles. The first-order valence-electron chi connectivity index (χ1n) is 5.45. The molecule has 2 rings (SSSR count). The van der Waals surface area contributed by atoms with Crippen molar-refractivity contribution >= 4 is 0 Å². The minimum Gasteiger partial charge on any atom is -0.359 e. The molecule has 1 aliphatic carbocycles. The third-order valence-corrected chi connectivity index (χ3v) is 3.23. The molecule has 2 nitrogen and oxygen atoms in total. The summed E-state index contributed by atoms with van der Waals surface area (Å²) in [5.41, 5.74) is 0.207. The standard InChI is InChI=1S/C11H21NO/c1-9-5-4-6-11(7-9)12-10(2,3)8-13-11/h9,12H,4-8H2,1-3H3/t9-,11+/m0/s1. The SMILES string of the molecule is C[C@H]1CCC[C@@]2(C1)NC(C)(C)CO2. The quantitative estimate of drug-likeness (QED) is 0.622. The lowest BCUT2D eigenvalue weighted by molar-refractivity contribution is -0.0516. The summed E-state index contributed by atoms with van der Waals surface area (Å²) in [5.74, 6) is 0.815. The van der Waals surface area contributed by atoms with Gasteiger partial charge < -0.3 is 4.74 Å². The maximum absolute atomic E-state index is 5.96. The smallest absolute Gasteiger partial charge is 0.120 e. The van der Waals surface area contributed by atoms with Gasteiger partial charge in [0, 0.05) is 5.54 Å². The first kappa shape index (κ1) is 9.47. The zero-order chi connectivity index (χ0) is 9.53. The maximum atomic E-state index is 5.96. The van der Waals surface area contributed by atoms with Gasteiger partial charge in [-0.15, -0.1) is 0 Å². The molecular formula is C11H21NO. The van der Waals surface area contributed by atoms with Crippen LogP contribution in [0.2, 0.25) is 0 Å². The molecule has 0 aromatic rings. The van der Waals surface area contributed by atoms with Crippen LogP contribution in [0, 0.1) is 5.92 Å². The van der Waals surface area contributed by atoms with Gasteiger partial charge in [0.25, 0.3) is 0 Å². The highest BCUT2D eigenvalue weighted by Crippen LogP contribution is 2.38. The Balaban J connectivity index is 2.05. The van der Waals surface area contributed by atoms with Crippen LogP contribution in [0.5, 0.6) is 0 Å². The zero-order valence-corrected chi connectivity index (χ0v) is 9.02. The average Bonchev–Trinajstić information content (AvgIpc) is 2.26. The Labute approximate surface area is 81.0 Å². The van der Waals surface area contributed by atoms with E-state index in [1.54, 1.807) is 0 Å². The lowest BCUT2D eigenvalue weighted by Gasteiger charge is -2.37. The molecule has 76 valence electrons. The average molecular weight is 183 g/mol. The maximum Gasteiger partial charge on any atom is 0.120 e. The Hall–Kier alpha value is -0.0800. The summed E-state index contributed by atoms with van der Waals surface area (Å²) in [6.45, 7) is 7.64. The molecule has 2 fully saturated rings. The Morgan fingerprint density at radius 2 is 2.15 bits per heavy atom. The Morgan fingerprint density at radius 3 is 2.69 bits per heavy atom. The predicted molar refractivity (Wildman–Crippen MR) is 53.5 cm³/mol. The van der Waals surface area contributed by atoms with E-state index < -0.39 is 0 Å². The molecule has 2 aliphatic rings. The Bertz CT molecular complexity index is 202. The predicted octanol–water partition coefficient (Wildman–Crippen LogP) is 2.29. The molecule has 1 N–H and O–H groups in total. The Kier molecular flexibility index (Phi) is 2.16. The molecule has 1 saturated heterocycles. The lowest BCUT2D eigenvalue weighted by atomic mass is 9.84. The van der Waals surface area contributed by atoms with Crippen LogP contribution in [-0.2, 0) is 4.74 Å². The topological polar surface area (TPSA) is 21.3 Å². The van der Waals surface area contributed by atoms with E-state index in [0.29, 0.717) is 0 Å². The van der Waals surface area contributed by atoms with E-state index in [-0.39, 0.29) is 11.3 Å². The number of hydrogen-bond acceptors (Lipinski definition) is 2. The molecule has 0 aromatic heterocycles. The third kappa shape index (κ3) is 1.89. The van der Waals surface area contributed by atoms with Gasteiger partial charge in [0.2, 0.25) is 0 Å². The summed E-state index contributed by atoms with van der Waals surface area (Å²) < 4.78 is 5.96. The number of nitrogens with one attached hydrogen (secondary N) is 1. The van der Waals surface area contributed by atoms with Crippen LogP contribution in [0.25, 0.3) is 0 Å². The van der Waals surface area contributed by atoms with E-state index in [1.807, 2.05) is 0 Å². The van der Waals surface area contributed by atoms with Gasteiger partial charge in [-0.25, -0.2) is 0 Å². The van der Waals surface area contributed by atoms with E-state index in [1.165, 1.54) is 25.7 Å². The molecular weight excluding hydrogens is 162 g/mol. The van der Waals surface area contributed by atoms with Gasteiger partial charge in [-0.3, -0.25) is 5.32 Å². The van der Waals surface area contributed by atoms with Crippen molar-refractivity contribution in [2.45, 2.75) is 57.7 Å². The van der Waals surface area contributed by atoms with Crippen LogP contribution < -0.4 is 5.32 Å². The van der Waals surface area contributed by atoms with Gasteiger partial charge in [-0.2, -0.15) is 0 Å². The van der Waals surface area contributed by atoms with E-state index in [2.05, 4.69) is 26.1 Å². The van der Waals surface area contributed by atoms with Crippen molar-refractivity contribution in [3.63, 3.8) is 0 Å². The van der Waals surface area contributed by atoms with Crippen molar-refractivity contribution in [1.82, 2.24) is 5.32 Å². The van der Waals surface area contributed by atoms with Gasteiger partial charge in [0.05, 0.1) is 6.61 Å². The zero-order valence-electron chi connectivity index (χ0n) is 9.02. The molecule has 1 spiro atoms. The van der Waals surface area contributed by atoms with Gasteiger partial charge in [0.1, 0.15) is 5.72 Å². The summed E-state index contributed by atoms with van der Waals surface area (Å²) in [6, 6.07) is 0. The normalized spacial score (nSPS) is 44.1. The van der Waals surface area contributed by atoms with Gasteiger partial charge in [0.15, 0.2) is 0 Å². The van der Waals surface area contributed by atoms with E-state index in [0.717, 1.165) is 12.5 Å². The molecule has 0 aromatic carbocycles. The summed E-state index contributed by atoms with van der Waals surface area (Å²) in [6.07, 6.45) is 5.06. The van der Waals surface area contributed by atoms with Crippen LogP contribution in [0.15, 0.2) is 0 Å². The fourth-order valence-corrected chi connectivity index (χ4v) is 2.76. The monoisotopic (exact) mass is 183 g/mol. The second-order valence-electron chi connectivity index (χ2n) is 5.49. The number of rotatable bonds is 0. The minimum absolute atomic E-state index is 0.0289. The van der Waals surface area contributed by atoms with Crippen molar-refractivity contribution < 1.29 is 4.74 Å². The number of ether oxygens (including phenoxy) is 1. The third-order valence-electron chi connectivity index (χ3n) is 3.23. The molecule has 1 heterocycles. The van der Waals surface area contributed by atoms with Gasteiger partial charge >= 0.3 is 0 Å². The molecule has 0 unspecified atom stereocenters. The second-order valence-corrected chi connectivity index (χ2v) is 5.49. The van der Waals surface area contributed by atoms with E-state index in [9.17, 15) is 0 Å². The van der Waals surface area contributed by atoms with E-state index in [4.69, 9.17) is 4.74 Å². The lowest BCUT2D eigenvalue weighted by Crippen LogP contribution is -2.50. The summed E-state index contributed by atoms with van der Waals surface area (Å²) >= 11 is 0. The molecule has 0 amide bonds. The van der Waals surface area contributed by atoms with Crippen LogP contribution in [0.3, 0.4) is 0 Å². The van der Waals surface area contributed by atoms with Crippen LogP contribution in [0.4, 0.5) is 0 Å². The fourth-order valence-electron chi connectivity index (χ4n) is 2.76. The summed E-state index contributed by atoms with van der Waals surface area (Å²) in [7, 11) is 0. The van der Waals surface area contributed by atoms with Crippen LogP contribution in [-0.4, -0.2) is 17.9 Å². The minimum atomic E-state index is 0.0289. The van der Waals surface area contributed by atoms with Crippen LogP contribution >= 0.6 is 0 Å². The molecule has 0 bridgehead atoms. The highest BCUT2D eigenvalue weighted by molar-refractivity contribution is 4.97. The van der Waals surface area contributed by atoms with Crippen molar-refractivity contribution in [2.24, 2.45) is 5.92 Å². The molecule has 13 heavy (non-hydrogen) atoms. The van der Waals surface area contributed by atoms with Gasteiger partial charge in [-0.1, -0.05) is 13.3 Å². The van der Waals surface area contributed by atoms with Crippen molar-refractivity contribution in [1.29, 1.82) is 0 Å². The largest absolute Gasteiger partial charge is 0.359 e. The van der Waals surface area contributed by atoms with E-state index >= 15 is 0 Å².